The Bertz CT molecular complexity index is 429. The number of nitrogens with two attached hydrogens (primary N) is 1. The van der Waals surface area contributed by atoms with Crippen LogP contribution >= 0.6 is 0 Å². The van der Waals surface area contributed by atoms with Crippen molar-refractivity contribution in [2.24, 2.45) is 0 Å². The van der Waals surface area contributed by atoms with Crippen LogP contribution in [0.5, 0.6) is 0 Å². The van der Waals surface area contributed by atoms with Crippen molar-refractivity contribution in [2.45, 2.75) is 37.6 Å². The zero-order valence-electron chi connectivity index (χ0n) is 10.9. The highest BCUT2D eigenvalue weighted by atomic mass is 15.2. The smallest absolute Gasteiger partial charge is 0.222 e. The molecule has 1 atom stereocenters. The predicted octanol–water partition coefficient (Wildman–Crippen LogP) is 1.12. The van der Waals surface area contributed by atoms with Gasteiger partial charge in [-0.2, -0.15) is 4.98 Å². The third kappa shape index (κ3) is 2.14. The number of nitrogens with one attached hydrogen (secondary N) is 1. The second kappa shape index (κ2) is 4.72. The van der Waals surface area contributed by atoms with Gasteiger partial charge in [-0.3, -0.25) is 0 Å². The summed E-state index contributed by atoms with van der Waals surface area (Å²) in [7, 11) is 2.02. The van der Waals surface area contributed by atoms with Gasteiger partial charge < -0.3 is 16.0 Å². The molecule has 1 aromatic heterocycles. The number of rotatable bonds is 3. The fourth-order valence-corrected chi connectivity index (χ4v) is 2.75. The van der Waals surface area contributed by atoms with Crippen LogP contribution in [0.4, 0.5) is 11.8 Å². The Labute approximate surface area is 108 Å². The van der Waals surface area contributed by atoms with E-state index in [1.807, 2.05) is 7.05 Å². The van der Waals surface area contributed by atoms with E-state index in [1.54, 1.807) is 0 Å². The lowest BCUT2D eigenvalue weighted by atomic mass is 9.83. The summed E-state index contributed by atoms with van der Waals surface area (Å²) in [5.74, 6) is 2.03. The summed E-state index contributed by atoms with van der Waals surface area (Å²) in [6.07, 6.45) is 4.97. The fraction of sp³-hybridized carbons (Fsp3) is 0.692. The summed E-state index contributed by atoms with van der Waals surface area (Å²) in [6, 6.07) is 2.70. The fourth-order valence-electron chi connectivity index (χ4n) is 2.75. The van der Waals surface area contributed by atoms with Crippen molar-refractivity contribution >= 4 is 11.8 Å². The Hall–Kier alpha value is -1.36. The van der Waals surface area contributed by atoms with E-state index in [0.717, 1.165) is 24.6 Å². The van der Waals surface area contributed by atoms with Gasteiger partial charge in [0.05, 0.1) is 5.69 Å². The zero-order chi connectivity index (χ0) is 12.5. The lowest BCUT2D eigenvalue weighted by Gasteiger charge is -2.26. The van der Waals surface area contributed by atoms with Crippen LogP contribution in [0.1, 0.15) is 37.3 Å². The number of likely N-dealkylation sites (N-methyl/N-ethyl adjacent to an activating group) is 1. The molecule has 2 heterocycles. The molecule has 0 spiro atoms. The van der Waals surface area contributed by atoms with Gasteiger partial charge in [0.2, 0.25) is 5.95 Å². The van der Waals surface area contributed by atoms with Gasteiger partial charge in [0.15, 0.2) is 0 Å². The maximum Gasteiger partial charge on any atom is 0.222 e. The van der Waals surface area contributed by atoms with Crippen LogP contribution in [0, 0.1) is 0 Å². The van der Waals surface area contributed by atoms with Crippen LogP contribution in [-0.4, -0.2) is 36.1 Å². The van der Waals surface area contributed by atoms with Crippen molar-refractivity contribution in [3.63, 3.8) is 0 Å². The highest BCUT2D eigenvalue weighted by Crippen LogP contribution is 2.36. The van der Waals surface area contributed by atoms with E-state index in [9.17, 15) is 0 Å². The standard InChI is InChI=1S/C13H21N5/c1-15-10-5-6-18(8-10)12-7-11(9-3-2-4-9)16-13(14)17-12/h7,9-10,15H,2-6,8H2,1H3,(H2,14,16,17)/t10-/m1/s1. The quantitative estimate of drug-likeness (QED) is 0.838. The molecule has 1 aromatic rings. The van der Waals surface area contributed by atoms with Crippen molar-refractivity contribution in [2.75, 3.05) is 30.8 Å². The van der Waals surface area contributed by atoms with Gasteiger partial charge in [0.25, 0.3) is 0 Å². The number of nitrogens with zero attached hydrogens (tertiary/aromatic N) is 3. The average Bonchev–Trinajstić information content (AvgIpc) is 2.74. The van der Waals surface area contributed by atoms with Crippen molar-refractivity contribution in [3.8, 4) is 0 Å². The van der Waals surface area contributed by atoms with E-state index in [4.69, 9.17) is 5.73 Å². The summed E-state index contributed by atoms with van der Waals surface area (Å²) in [4.78, 5) is 11.1. The molecule has 0 amide bonds. The first kappa shape index (κ1) is 11.7. The second-order valence-corrected chi connectivity index (χ2v) is 5.36. The molecule has 0 unspecified atom stereocenters. The molecule has 3 rings (SSSR count). The molecule has 2 aliphatic rings. The molecule has 1 saturated heterocycles. The Balaban J connectivity index is 1.81. The van der Waals surface area contributed by atoms with Gasteiger partial charge in [-0.05, 0) is 26.3 Å². The van der Waals surface area contributed by atoms with Gasteiger partial charge in [-0.15, -0.1) is 0 Å². The number of nitrogen functional groups attached to an aromatic ring is 1. The number of hydrogen-bond donors (Lipinski definition) is 2. The Kier molecular flexibility index (Phi) is 3.07. The summed E-state index contributed by atoms with van der Waals surface area (Å²) in [5.41, 5.74) is 6.98. The topological polar surface area (TPSA) is 67.1 Å². The Morgan fingerprint density at radius 2 is 2.17 bits per heavy atom. The van der Waals surface area contributed by atoms with E-state index in [-0.39, 0.29) is 0 Å². The lowest BCUT2D eigenvalue weighted by Crippen LogP contribution is -2.30. The van der Waals surface area contributed by atoms with E-state index in [0.29, 0.717) is 17.9 Å². The van der Waals surface area contributed by atoms with Gasteiger partial charge in [-0.1, -0.05) is 6.42 Å². The highest BCUT2D eigenvalue weighted by molar-refractivity contribution is 5.45. The molecular weight excluding hydrogens is 226 g/mol. The van der Waals surface area contributed by atoms with Crippen LogP contribution in [0.3, 0.4) is 0 Å². The molecule has 0 aromatic carbocycles. The summed E-state index contributed by atoms with van der Waals surface area (Å²) in [6.45, 7) is 2.06. The van der Waals surface area contributed by atoms with Crippen LogP contribution in [0.15, 0.2) is 6.07 Å². The molecular formula is C13H21N5. The average molecular weight is 247 g/mol. The Morgan fingerprint density at radius 1 is 1.33 bits per heavy atom. The monoisotopic (exact) mass is 247 g/mol. The SMILES string of the molecule is CN[C@@H]1CCN(c2cc(C3CCC3)nc(N)n2)C1. The van der Waals surface area contributed by atoms with Gasteiger partial charge >= 0.3 is 0 Å². The predicted molar refractivity (Wildman–Crippen MR) is 72.7 cm³/mol. The number of hydrogen-bond acceptors (Lipinski definition) is 5. The molecule has 1 aliphatic heterocycles. The maximum atomic E-state index is 5.85. The molecule has 0 radical (unpaired) electrons. The van der Waals surface area contributed by atoms with Crippen LogP contribution in [-0.2, 0) is 0 Å². The molecule has 1 saturated carbocycles. The van der Waals surface area contributed by atoms with Gasteiger partial charge in [0.1, 0.15) is 5.82 Å². The van der Waals surface area contributed by atoms with E-state index in [2.05, 4.69) is 26.3 Å². The lowest BCUT2D eigenvalue weighted by molar-refractivity contribution is 0.411. The van der Waals surface area contributed by atoms with E-state index in [1.165, 1.54) is 25.7 Å². The van der Waals surface area contributed by atoms with Gasteiger partial charge in [0, 0.05) is 31.1 Å². The van der Waals surface area contributed by atoms with Crippen LogP contribution in [0.2, 0.25) is 0 Å². The van der Waals surface area contributed by atoms with Crippen molar-refractivity contribution in [1.29, 1.82) is 0 Å². The molecule has 18 heavy (non-hydrogen) atoms. The van der Waals surface area contributed by atoms with Gasteiger partial charge in [-0.25, -0.2) is 4.98 Å². The first-order valence-electron chi connectivity index (χ1n) is 6.83. The zero-order valence-corrected chi connectivity index (χ0v) is 10.9. The number of aromatic nitrogens is 2. The summed E-state index contributed by atoms with van der Waals surface area (Å²) in [5, 5.41) is 3.32. The summed E-state index contributed by atoms with van der Waals surface area (Å²) < 4.78 is 0. The molecule has 98 valence electrons. The third-order valence-electron chi connectivity index (χ3n) is 4.19. The minimum atomic E-state index is 0.419. The second-order valence-electron chi connectivity index (χ2n) is 5.36. The minimum Gasteiger partial charge on any atom is -0.368 e. The van der Waals surface area contributed by atoms with Crippen LogP contribution in [0.25, 0.3) is 0 Å². The normalized spacial score (nSPS) is 24.3. The maximum absolute atomic E-state index is 5.85. The highest BCUT2D eigenvalue weighted by Gasteiger charge is 2.26. The van der Waals surface area contributed by atoms with Crippen molar-refractivity contribution in [1.82, 2.24) is 15.3 Å². The largest absolute Gasteiger partial charge is 0.368 e. The third-order valence-corrected chi connectivity index (χ3v) is 4.19. The minimum absolute atomic E-state index is 0.419. The number of anilines is 2. The molecule has 3 N–H and O–H groups in total. The molecule has 5 heteroatoms. The van der Waals surface area contributed by atoms with E-state index >= 15 is 0 Å². The van der Waals surface area contributed by atoms with E-state index < -0.39 is 0 Å². The Morgan fingerprint density at radius 3 is 2.78 bits per heavy atom. The first-order chi connectivity index (χ1) is 8.76. The summed E-state index contributed by atoms with van der Waals surface area (Å²) >= 11 is 0. The van der Waals surface area contributed by atoms with Crippen LogP contribution < -0.4 is 16.0 Å². The first-order valence-corrected chi connectivity index (χ1v) is 6.83. The van der Waals surface area contributed by atoms with Crippen molar-refractivity contribution in [3.05, 3.63) is 11.8 Å². The molecule has 2 fully saturated rings. The molecule has 1 aliphatic carbocycles. The molecule has 5 nitrogen and oxygen atoms in total. The van der Waals surface area contributed by atoms with Crippen molar-refractivity contribution < 1.29 is 0 Å². The molecule has 0 bridgehead atoms.